The average molecular weight is 729 g/mol. The first-order valence-corrected chi connectivity index (χ1v) is 20.4. The standard InChI is InChI=1S/C42H84N2O7/c1-32(2)18-15-21-49-42(13,14)35(24-40(9,10)47-22-16-19-38(5,6)50-30-36(45)28-43-26-33(43)3)25-41(11,12)48-23-17-20-39(7,8)51-31-37(46)29-44-27-34(44)4/h32-37,45-46H,15-31H2,1-14H3. The Hall–Kier alpha value is -0.360. The lowest BCUT2D eigenvalue weighted by molar-refractivity contribution is -0.129. The van der Waals surface area contributed by atoms with Crippen molar-refractivity contribution in [3.63, 3.8) is 0 Å². The Balaban J connectivity index is 1.87. The normalized spacial score (nSPS) is 23.5. The minimum absolute atomic E-state index is 0.221. The molecule has 0 radical (unpaired) electrons. The van der Waals surface area contributed by atoms with E-state index in [1.54, 1.807) is 0 Å². The van der Waals surface area contributed by atoms with E-state index in [1.165, 1.54) is 0 Å². The minimum atomic E-state index is -0.449. The van der Waals surface area contributed by atoms with E-state index in [-0.39, 0.29) is 33.9 Å². The van der Waals surface area contributed by atoms with Crippen molar-refractivity contribution in [3.05, 3.63) is 0 Å². The number of hydrogen-bond acceptors (Lipinski definition) is 9. The first kappa shape index (κ1) is 46.8. The number of nitrogens with zero attached hydrogens (tertiary/aromatic N) is 2. The van der Waals surface area contributed by atoms with E-state index in [9.17, 15) is 10.2 Å². The van der Waals surface area contributed by atoms with Crippen molar-refractivity contribution < 1.29 is 33.9 Å². The van der Waals surface area contributed by atoms with Gasteiger partial charge in [-0.1, -0.05) is 13.8 Å². The smallest absolute Gasteiger partial charge is 0.0900 e. The zero-order valence-corrected chi connectivity index (χ0v) is 35.8. The van der Waals surface area contributed by atoms with Gasteiger partial charge in [0.25, 0.3) is 0 Å². The van der Waals surface area contributed by atoms with Crippen LogP contribution in [-0.4, -0.2) is 132 Å². The molecule has 2 saturated heterocycles. The molecule has 2 heterocycles. The highest BCUT2D eigenvalue weighted by Gasteiger charge is 2.40. The maximum absolute atomic E-state index is 10.4. The SMILES string of the molecule is CC(C)CCCOC(C)(C)C(CC(C)(C)OCCCC(C)(C)OCC(O)CN1CC1C)CC(C)(C)OCCCC(C)(C)OCC(O)CN1CC1C. The first-order chi connectivity index (χ1) is 23.4. The van der Waals surface area contributed by atoms with Crippen LogP contribution in [0.1, 0.15) is 148 Å². The third kappa shape index (κ3) is 20.8. The zero-order valence-electron chi connectivity index (χ0n) is 35.8. The van der Waals surface area contributed by atoms with Crippen molar-refractivity contribution in [1.29, 1.82) is 0 Å². The molecule has 0 bridgehead atoms. The van der Waals surface area contributed by atoms with Gasteiger partial charge in [-0.25, -0.2) is 0 Å². The van der Waals surface area contributed by atoms with Gasteiger partial charge >= 0.3 is 0 Å². The fraction of sp³-hybridized carbons (Fsp3) is 1.00. The van der Waals surface area contributed by atoms with E-state index in [0.29, 0.717) is 57.5 Å². The van der Waals surface area contributed by atoms with Crippen LogP contribution in [0.15, 0.2) is 0 Å². The molecule has 0 aromatic heterocycles. The second-order valence-electron chi connectivity index (χ2n) is 19.6. The molecular weight excluding hydrogens is 644 g/mol. The number of aliphatic hydroxyl groups is 2. The van der Waals surface area contributed by atoms with Gasteiger partial charge in [0.1, 0.15) is 0 Å². The molecule has 6 unspecified atom stereocenters. The van der Waals surface area contributed by atoms with E-state index in [0.717, 1.165) is 71.1 Å². The van der Waals surface area contributed by atoms with Gasteiger partial charge in [0.15, 0.2) is 0 Å². The van der Waals surface area contributed by atoms with Gasteiger partial charge in [-0.05, 0) is 146 Å². The average Bonchev–Trinajstić information content (AvgIpc) is 3.90. The second kappa shape index (κ2) is 20.5. The summed E-state index contributed by atoms with van der Waals surface area (Å²) in [6, 6.07) is 1.17. The van der Waals surface area contributed by atoms with Crippen molar-refractivity contribution in [1.82, 2.24) is 9.80 Å². The summed E-state index contributed by atoms with van der Waals surface area (Å²) in [4.78, 5) is 4.52. The lowest BCUT2D eigenvalue weighted by Gasteiger charge is -2.43. The summed E-state index contributed by atoms with van der Waals surface area (Å²) in [6.45, 7) is 36.9. The summed E-state index contributed by atoms with van der Waals surface area (Å²) < 4.78 is 32.1. The maximum atomic E-state index is 10.4. The minimum Gasteiger partial charge on any atom is -0.389 e. The highest BCUT2D eigenvalue weighted by atomic mass is 16.5. The summed E-state index contributed by atoms with van der Waals surface area (Å²) in [6.07, 6.45) is 6.56. The molecule has 2 N–H and O–H groups in total. The number of β-amino-alcohol motifs (C(OH)–C–C–N with tert-alkyl or cyclic N) is 2. The molecule has 6 atom stereocenters. The molecule has 304 valence electrons. The molecule has 2 rings (SSSR count). The fourth-order valence-corrected chi connectivity index (χ4v) is 7.03. The molecule has 9 heteroatoms. The van der Waals surface area contributed by atoms with Gasteiger partial charge < -0.3 is 33.9 Å². The van der Waals surface area contributed by atoms with Gasteiger partial charge in [0, 0.05) is 58.1 Å². The largest absolute Gasteiger partial charge is 0.389 e. The van der Waals surface area contributed by atoms with E-state index in [4.69, 9.17) is 23.7 Å². The number of aliphatic hydroxyl groups excluding tert-OH is 2. The molecule has 9 nitrogen and oxygen atoms in total. The van der Waals surface area contributed by atoms with Crippen molar-refractivity contribution in [2.45, 2.75) is 201 Å². The maximum Gasteiger partial charge on any atom is 0.0900 e. The van der Waals surface area contributed by atoms with Crippen LogP contribution in [0.3, 0.4) is 0 Å². The molecule has 0 amide bonds. The molecular formula is C42H84N2O7. The molecule has 2 fully saturated rings. The lowest BCUT2D eigenvalue weighted by atomic mass is 9.76. The van der Waals surface area contributed by atoms with Crippen molar-refractivity contribution in [3.8, 4) is 0 Å². The Morgan fingerprint density at radius 2 is 0.941 bits per heavy atom. The number of ether oxygens (including phenoxy) is 5. The van der Waals surface area contributed by atoms with Gasteiger partial charge in [0.05, 0.1) is 53.4 Å². The van der Waals surface area contributed by atoms with Gasteiger partial charge in [0.2, 0.25) is 0 Å². The summed E-state index contributed by atoms with van der Waals surface area (Å²) in [5.41, 5.74) is -1.64. The Bertz CT molecular complexity index is 907. The topological polar surface area (TPSA) is 92.6 Å². The van der Waals surface area contributed by atoms with Crippen LogP contribution < -0.4 is 0 Å². The lowest BCUT2D eigenvalue weighted by Crippen LogP contribution is -2.44. The van der Waals surface area contributed by atoms with Gasteiger partial charge in [-0.2, -0.15) is 0 Å². The molecule has 0 aliphatic carbocycles. The third-order valence-corrected chi connectivity index (χ3v) is 10.9. The summed E-state index contributed by atoms with van der Waals surface area (Å²) in [5.74, 6) is 0.890. The quantitative estimate of drug-likeness (QED) is 0.0577. The summed E-state index contributed by atoms with van der Waals surface area (Å²) in [7, 11) is 0. The van der Waals surface area contributed by atoms with Crippen molar-refractivity contribution in [2.75, 3.05) is 59.2 Å². The van der Waals surface area contributed by atoms with Crippen LogP contribution in [0.2, 0.25) is 0 Å². The molecule has 2 aliphatic rings. The highest BCUT2D eigenvalue weighted by Crippen LogP contribution is 2.38. The summed E-state index contributed by atoms with van der Waals surface area (Å²) in [5, 5.41) is 20.8. The van der Waals surface area contributed by atoms with Crippen LogP contribution in [-0.2, 0) is 23.7 Å². The van der Waals surface area contributed by atoms with Crippen LogP contribution in [0, 0.1) is 11.8 Å². The Morgan fingerprint density at radius 1 is 0.569 bits per heavy atom. The predicted molar refractivity (Wildman–Crippen MR) is 210 cm³/mol. The zero-order chi connectivity index (χ0) is 38.7. The van der Waals surface area contributed by atoms with Gasteiger partial charge in [-0.15, -0.1) is 0 Å². The fourth-order valence-electron chi connectivity index (χ4n) is 7.03. The third-order valence-electron chi connectivity index (χ3n) is 10.9. The molecule has 51 heavy (non-hydrogen) atoms. The Morgan fingerprint density at radius 3 is 1.29 bits per heavy atom. The van der Waals surface area contributed by atoms with E-state index in [2.05, 4.69) is 107 Å². The predicted octanol–water partition coefficient (Wildman–Crippen LogP) is 7.49. The second-order valence-corrected chi connectivity index (χ2v) is 19.6. The first-order valence-electron chi connectivity index (χ1n) is 20.4. The molecule has 0 aromatic rings. The van der Waals surface area contributed by atoms with Crippen LogP contribution >= 0.6 is 0 Å². The molecule has 0 spiro atoms. The summed E-state index contributed by atoms with van der Waals surface area (Å²) >= 11 is 0. The van der Waals surface area contributed by atoms with Crippen molar-refractivity contribution in [2.24, 2.45) is 11.8 Å². The van der Waals surface area contributed by atoms with Gasteiger partial charge in [-0.3, -0.25) is 9.80 Å². The van der Waals surface area contributed by atoms with Crippen LogP contribution in [0.25, 0.3) is 0 Å². The number of rotatable bonds is 30. The Labute approximate surface area is 314 Å². The highest BCUT2D eigenvalue weighted by molar-refractivity contribution is 4.91. The van der Waals surface area contributed by atoms with E-state index in [1.807, 2.05) is 0 Å². The number of hydrogen-bond donors (Lipinski definition) is 2. The molecule has 0 saturated carbocycles. The van der Waals surface area contributed by atoms with Crippen LogP contribution in [0.5, 0.6) is 0 Å². The van der Waals surface area contributed by atoms with E-state index < -0.39 is 12.2 Å². The van der Waals surface area contributed by atoms with E-state index >= 15 is 0 Å². The Kier molecular flexibility index (Phi) is 18.8. The van der Waals surface area contributed by atoms with Crippen LogP contribution in [0.4, 0.5) is 0 Å². The van der Waals surface area contributed by atoms with Crippen molar-refractivity contribution >= 4 is 0 Å². The molecule has 2 aliphatic heterocycles. The molecule has 0 aromatic carbocycles. The monoisotopic (exact) mass is 729 g/mol.